The molecular weight excluding hydrogens is 485 g/mol. The standard InChI is InChI=1S/C12H19N4O12P3/c1-6-2-16(12-9(6)11(13)14-5-15-12)7-3-25-8(10(7)17)4-26-30(21,22)28-31(23,24)27-29(18,19)20/h2,5,7-8,10,17H,3-4H2,1H3,(H,21,22)(H,23,24)(H2,13,14,15)(H2,18,19,20)/t7?,8-,10+/m1/s1. The predicted octanol–water partition coefficient (Wildman–Crippen LogP) is -0.0340. The summed E-state index contributed by atoms with van der Waals surface area (Å²) in [5.74, 6) is 0.249. The van der Waals surface area contributed by atoms with Gasteiger partial charge in [-0.15, -0.1) is 0 Å². The second kappa shape index (κ2) is 8.60. The fourth-order valence-corrected chi connectivity index (χ4v) is 6.11. The van der Waals surface area contributed by atoms with Crippen LogP contribution in [0.15, 0.2) is 12.5 Å². The molecule has 0 radical (unpaired) electrons. The molecule has 1 aliphatic heterocycles. The van der Waals surface area contributed by atoms with Gasteiger partial charge in [-0.2, -0.15) is 8.62 Å². The lowest BCUT2D eigenvalue weighted by Crippen LogP contribution is -2.31. The van der Waals surface area contributed by atoms with E-state index in [2.05, 4.69) is 23.1 Å². The van der Waals surface area contributed by atoms with Gasteiger partial charge in [-0.25, -0.2) is 23.7 Å². The molecule has 19 heteroatoms. The number of aromatic nitrogens is 3. The monoisotopic (exact) mass is 504 g/mol. The number of nitrogen functional groups attached to an aromatic ring is 1. The maximum atomic E-state index is 11.8. The summed E-state index contributed by atoms with van der Waals surface area (Å²) in [5.41, 5.74) is 7.05. The smallest absolute Gasteiger partial charge is 0.388 e. The summed E-state index contributed by atoms with van der Waals surface area (Å²) < 4.78 is 52.5. The fourth-order valence-electron chi connectivity index (χ4n) is 3.08. The molecule has 0 aliphatic carbocycles. The Balaban J connectivity index is 1.68. The van der Waals surface area contributed by atoms with Gasteiger partial charge in [-0.1, -0.05) is 0 Å². The van der Waals surface area contributed by atoms with E-state index in [9.17, 15) is 23.7 Å². The molecule has 16 nitrogen and oxygen atoms in total. The lowest BCUT2D eigenvalue weighted by molar-refractivity contribution is 0.00174. The van der Waals surface area contributed by atoms with Crippen LogP contribution < -0.4 is 5.73 Å². The number of phosphoric acid groups is 3. The predicted molar refractivity (Wildman–Crippen MR) is 101 cm³/mol. The first-order valence-electron chi connectivity index (χ1n) is 8.35. The van der Waals surface area contributed by atoms with Crippen molar-refractivity contribution in [3.8, 4) is 0 Å². The molecule has 0 amide bonds. The third kappa shape index (κ3) is 5.76. The molecule has 2 aromatic rings. The van der Waals surface area contributed by atoms with Crippen molar-refractivity contribution in [2.45, 2.75) is 25.2 Å². The summed E-state index contributed by atoms with van der Waals surface area (Å²) in [6, 6.07) is -0.681. The Hall–Kier alpha value is -1.25. The van der Waals surface area contributed by atoms with Gasteiger partial charge in [0, 0.05) is 6.20 Å². The molecule has 7 N–H and O–H groups in total. The zero-order valence-corrected chi connectivity index (χ0v) is 18.3. The third-order valence-corrected chi connectivity index (χ3v) is 8.06. The van der Waals surface area contributed by atoms with Crippen LogP contribution in [0.3, 0.4) is 0 Å². The van der Waals surface area contributed by atoms with Gasteiger partial charge in [-0.3, -0.25) is 4.52 Å². The number of nitrogens with two attached hydrogens (primary N) is 1. The second-order valence-corrected chi connectivity index (χ2v) is 10.9. The van der Waals surface area contributed by atoms with E-state index >= 15 is 0 Å². The van der Waals surface area contributed by atoms with Gasteiger partial charge in [0.25, 0.3) is 0 Å². The van der Waals surface area contributed by atoms with Crippen LogP contribution >= 0.6 is 23.5 Å². The van der Waals surface area contributed by atoms with Crippen LogP contribution in [0.4, 0.5) is 5.82 Å². The summed E-state index contributed by atoms with van der Waals surface area (Å²) in [7, 11) is -16.5. The van der Waals surface area contributed by atoms with Crippen molar-refractivity contribution >= 4 is 40.3 Å². The van der Waals surface area contributed by atoms with E-state index < -0.39 is 48.3 Å². The molecule has 0 aromatic carbocycles. The van der Waals surface area contributed by atoms with Crippen LogP contribution in [-0.4, -0.2) is 64.6 Å². The number of hydrogen-bond acceptors (Lipinski definition) is 11. The van der Waals surface area contributed by atoms with Crippen molar-refractivity contribution < 1.29 is 56.3 Å². The second-order valence-electron chi connectivity index (χ2n) is 6.49. The molecule has 0 spiro atoms. The van der Waals surface area contributed by atoms with Gasteiger partial charge in [0.15, 0.2) is 0 Å². The SMILES string of the molecule is Cc1cn(C2CO[C@H](COP(=O)(O)OP(=O)(O)OP(=O)(O)O)[C@H]2O)c2ncnc(N)c12. The van der Waals surface area contributed by atoms with E-state index in [1.165, 1.54) is 6.33 Å². The molecule has 3 rings (SSSR count). The zero-order chi connectivity index (χ0) is 23.2. The molecule has 5 atom stereocenters. The van der Waals surface area contributed by atoms with Crippen LogP contribution in [0, 0.1) is 6.92 Å². The molecule has 1 fully saturated rings. The molecule has 3 heterocycles. The van der Waals surface area contributed by atoms with Crippen molar-refractivity contribution in [2.24, 2.45) is 0 Å². The van der Waals surface area contributed by atoms with E-state index in [1.54, 1.807) is 17.7 Å². The summed E-state index contributed by atoms with van der Waals surface area (Å²) >= 11 is 0. The third-order valence-electron chi connectivity index (χ3n) is 4.26. The highest BCUT2D eigenvalue weighted by Gasteiger charge is 2.43. The lowest BCUT2D eigenvalue weighted by Gasteiger charge is -2.21. The number of phosphoric ester groups is 1. The fraction of sp³-hybridized carbons (Fsp3) is 0.500. The van der Waals surface area contributed by atoms with E-state index in [4.69, 9.17) is 25.2 Å². The average molecular weight is 504 g/mol. The highest BCUT2D eigenvalue weighted by molar-refractivity contribution is 7.66. The van der Waals surface area contributed by atoms with Gasteiger partial charge in [0.2, 0.25) is 0 Å². The van der Waals surface area contributed by atoms with Crippen molar-refractivity contribution in [1.82, 2.24) is 14.5 Å². The molecule has 31 heavy (non-hydrogen) atoms. The average Bonchev–Trinajstić information content (AvgIpc) is 3.11. The van der Waals surface area contributed by atoms with Gasteiger partial charge >= 0.3 is 23.5 Å². The van der Waals surface area contributed by atoms with Crippen molar-refractivity contribution in [3.63, 3.8) is 0 Å². The Morgan fingerprint density at radius 3 is 2.52 bits per heavy atom. The number of aryl methyl sites for hydroxylation is 1. The lowest BCUT2D eigenvalue weighted by atomic mass is 10.1. The number of ether oxygens (including phenoxy) is 1. The summed E-state index contributed by atoms with van der Waals surface area (Å²) in [6.45, 7) is 0.961. The van der Waals surface area contributed by atoms with Gasteiger partial charge in [0.05, 0.1) is 24.6 Å². The van der Waals surface area contributed by atoms with E-state index in [1.807, 2.05) is 0 Å². The normalized spacial score (nSPS) is 26.1. The quantitative estimate of drug-likeness (QED) is 0.258. The van der Waals surface area contributed by atoms with E-state index in [-0.39, 0.29) is 12.4 Å². The molecule has 1 saturated heterocycles. The minimum atomic E-state index is -5.64. The van der Waals surface area contributed by atoms with Crippen LogP contribution in [0.2, 0.25) is 0 Å². The number of aliphatic hydroxyl groups is 1. The highest BCUT2D eigenvalue weighted by atomic mass is 31.3. The van der Waals surface area contributed by atoms with Crippen molar-refractivity contribution in [2.75, 3.05) is 18.9 Å². The Morgan fingerprint density at radius 1 is 1.19 bits per heavy atom. The topological polar surface area (TPSA) is 246 Å². The maximum Gasteiger partial charge on any atom is 0.490 e. The minimum absolute atomic E-state index is 0.0429. The first kappa shape index (κ1) is 24.4. The Bertz CT molecular complexity index is 1120. The number of fused-ring (bicyclic) bond motifs is 1. The van der Waals surface area contributed by atoms with E-state index in [0.29, 0.717) is 11.0 Å². The molecule has 174 valence electrons. The molecular formula is C12H19N4O12P3. The molecule has 3 unspecified atom stereocenters. The zero-order valence-electron chi connectivity index (χ0n) is 15.7. The Morgan fingerprint density at radius 2 is 1.87 bits per heavy atom. The van der Waals surface area contributed by atoms with Gasteiger partial charge in [0.1, 0.15) is 30.0 Å². The van der Waals surface area contributed by atoms with Gasteiger partial charge in [-0.05, 0) is 12.5 Å². The number of aliphatic hydroxyl groups excluding tert-OH is 1. The molecule has 0 saturated carbocycles. The highest BCUT2D eigenvalue weighted by Crippen LogP contribution is 2.66. The van der Waals surface area contributed by atoms with Crippen molar-refractivity contribution in [3.05, 3.63) is 18.1 Å². The van der Waals surface area contributed by atoms with E-state index in [0.717, 1.165) is 5.56 Å². The summed E-state index contributed by atoms with van der Waals surface area (Å²) in [5, 5.41) is 11.2. The largest absolute Gasteiger partial charge is 0.490 e. The molecule has 2 aromatic heterocycles. The Labute approximate surface area is 174 Å². The number of nitrogens with zero attached hydrogens (tertiary/aromatic N) is 3. The molecule has 0 bridgehead atoms. The van der Waals surface area contributed by atoms with Crippen LogP contribution in [0.1, 0.15) is 11.6 Å². The first-order valence-corrected chi connectivity index (χ1v) is 12.9. The first-order chi connectivity index (χ1) is 14.2. The number of anilines is 1. The van der Waals surface area contributed by atoms with Crippen LogP contribution in [-0.2, 0) is 31.6 Å². The van der Waals surface area contributed by atoms with Gasteiger partial charge < -0.3 is 39.7 Å². The Kier molecular flexibility index (Phi) is 6.76. The minimum Gasteiger partial charge on any atom is -0.388 e. The van der Waals surface area contributed by atoms with Crippen LogP contribution in [0.5, 0.6) is 0 Å². The summed E-state index contributed by atoms with van der Waals surface area (Å²) in [6.07, 6.45) is 0.505. The number of hydrogen-bond donors (Lipinski definition) is 6. The molecule has 1 aliphatic rings. The summed E-state index contributed by atoms with van der Waals surface area (Å²) in [4.78, 5) is 43.8. The van der Waals surface area contributed by atoms with Crippen molar-refractivity contribution in [1.29, 1.82) is 0 Å². The maximum absolute atomic E-state index is 11.8. The van der Waals surface area contributed by atoms with Crippen LogP contribution in [0.25, 0.3) is 11.0 Å². The number of rotatable bonds is 8.